The van der Waals surface area contributed by atoms with Gasteiger partial charge in [0, 0.05) is 16.7 Å². The minimum absolute atomic E-state index is 0.251. The second-order valence-electron chi connectivity index (χ2n) is 7.92. The molecule has 35 heavy (non-hydrogen) atoms. The number of hydrogen-bond donors (Lipinski definition) is 2. The highest BCUT2D eigenvalue weighted by atomic mass is 79.9. The molecule has 0 fully saturated rings. The predicted molar refractivity (Wildman–Crippen MR) is 138 cm³/mol. The van der Waals surface area contributed by atoms with E-state index in [2.05, 4.69) is 26.6 Å². The number of anilines is 1. The third kappa shape index (κ3) is 5.93. The van der Waals surface area contributed by atoms with E-state index in [9.17, 15) is 19.2 Å². The molecule has 0 bridgehead atoms. The second kappa shape index (κ2) is 11.0. The first-order valence-electron chi connectivity index (χ1n) is 11.0. The van der Waals surface area contributed by atoms with Gasteiger partial charge in [0.15, 0.2) is 0 Å². The molecule has 0 radical (unpaired) electrons. The van der Waals surface area contributed by atoms with Crippen LogP contribution in [0.4, 0.5) is 5.69 Å². The van der Waals surface area contributed by atoms with Crippen LogP contribution in [0.25, 0.3) is 10.9 Å². The van der Waals surface area contributed by atoms with Crippen LogP contribution in [0.2, 0.25) is 0 Å². The van der Waals surface area contributed by atoms with Gasteiger partial charge in [0.25, 0.3) is 5.56 Å². The Balaban J connectivity index is 1.55. The maximum Gasteiger partial charge on any atom is 0.332 e. The topological polar surface area (TPSA) is 102 Å². The lowest BCUT2D eigenvalue weighted by Gasteiger charge is -2.14. The maximum absolute atomic E-state index is 13.2. The largest absolute Gasteiger partial charge is 0.354 e. The third-order valence-corrected chi connectivity index (χ3v) is 5.97. The van der Waals surface area contributed by atoms with Gasteiger partial charge in [-0.3, -0.25) is 23.5 Å². The van der Waals surface area contributed by atoms with Gasteiger partial charge >= 0.3 is 5.69 Å². The number of benzene rings is 3. The summed E-state index contributed by atoms with van der Waals surface area (Å²) >= 11 is 3.34. The minimum Gasteiger partial charge on any atom is -0.354 e. The van der Waals surface area contributed by atoms with Crippen molar-refractivity contribution >= 4 is 44.3 Å². The lowest BCUT2D eigenvalue weighted by Crippen LogP contribution is -2.45. The summed E-state index contributed by atoms with van der Waals surface area (Å²) in [7, 11) is 0. The molecule has 9 heteroatoms. The molecule has 0 aliphatic rings. The normalized spacial score (nSPS) is 10.8. The number of nitrogens with one attached hydrogen (secondary N) is 2. The van der Waals surface area contributed by atoms with Gasteiger partial charge in [-0.2, -0.15) is 0 Å². The summed E-state index contributed by atoms with van der Waals surface area (Å²) < 4.78 is 2.95. The Hall–Kier alpha value is -3.98. The fraction of sp³-hybridized carbons (Fsp3) is 0.154. The van der Waals surface area contributed by atoms with Gasteiger partial charge in [-0.1, -0.05) is 58.4 Å². The van der Waals surface area contributed by atoms with E-state index < -0.39 is 29.6 Å². The fourth-order valence-corrected chi connectivity index (χ4v) is 4.00. The van der Waals surface area contributed by atoms with E-state index in [-0.39, 0.29) is 11.9 Å². The molecule has 0 atom stereocenters. The van der Waals surface area contributed by atoms with Crippen LogP contribution in [0.3, 0.4) is 0 Å². The monoisotopic (exact) mass is 534 g/mol. The summed E-state index contributed by atoms with van der Waals surface area (Å²) in [5.74, 6) is -0.890. The molecule has 8 nitrogen and oxygen atoms in total. The van der Waals surface area contributed by atoms with Crippen molar-refractivity contribution in [1.29, 1.82) is 0 Å². The van der Waals surface area contributed by atoms with Crippen LogP contribution >= 0.6 is 15.9 Å². The molecule has 0 spiro atoms. The van der Waals surface area contributed by atoms with Gasteiger partial charge in [-0.25, -0.2) is 4.79 Å². The Morgan fingerprint density at radius 1 is 0.771 bits per heavy atom. The molecular weight excluding hydrogens is 512 g/mol. The highest BCUT2D eigenvalue weighted by Gasteiger charge is 2.17. The molecule has 2 amide bonds. The number of amides is 2. The molecule has 1 aromatic heterocycles. The van der Waals surface area contributed by atoms with Crippen LogP contribution in [0.1, 0.15) is 5.56 Å². The zero-order chi connectivity index (χ0) is 24.8. The molecular formula is C26H23BrN4O4. The van der Waals surface area contributed by atoms with Crippen LogP contribution < -0.4 is 21.9 Å². The number of carbonyl (C=O) groups excluding carboxylic acids is 2. The zero-order valence-electron chi connectivity index (χ0n) is 18.7. The van der Waals surface area contributed by atoms with E-state index in [1.54, 1.807) is 48.5 Å². The SMILES string of the molecule is O=C(Cn1c(=O)c2ccccc2n(CC(=O)Nc2ccc(Br)cc2)c1=O)NCCc1ccccc1. The van der Waals surface area contributed by atoms with E-state index in [1.807, 2.05) is 30.3 Å². The van der Waals surface area contributed by atoms with E-state index in [0.29, 0.717) is 24.2 Å². The Morgan fingerprint density at radius 2 is 1.43 bits per heavy atom. The highest BCUT2D eigenvalue weighted by molar-refractivity contribution is 9.10. The van der Waals surface area contributed by atoms with Gasteiger partial charge in [0.1, 0.15) is 13.1 Å². The number of carbonyl (C=O) groups is 2. The van der Waals surface area contributed by atoms with Crippen molar-refractivity contribution in [2.45, 2.75) is 19.5 Å². The molecule has 0 saturated carbocycles. The Labute approximate surface area is 209 Å². The van der Waals surface area contributed by atoms with Crippen molar-refractivity contribution in [1.82, 2.24) is 14.5 Å². The van der Waals surface area contributed by atoms with Crippen LogP contribution in [-0.4, -0.2) is 27.5 Å². The first-order valence-corrected chi connectivity index (χ1v) is 11.8. The zero-order valence-corrected chi connectivity index (χ0v) is 20.3. The third-order valence-electron chi connectivity index (χ3n) is 5.44. The van der Waals surface area contributed by atoms with Gasteiger partial charge < -0.3 is 10.6 Å². The maximum atomic E-state index is 13.2. The van der Waals surface area contributed by atoms with Gasteiger partial charge in [-0.15, -0.1) is 0 Å². The van der Waals surface area contributed by atoms with Gasteiger partial charge in [0.2, 0.25) is 11.8 Å². The summed E-state index contributed by atoms with van der Waals surface area (Å²) in [4.78, 5) is 51.5. The average Bonchev–Trinajstić information content (AvgIpc) is 2.86. The first-order chi connectivity index (χ1) is 16.9. The first kappa shape index (κ1) is 24.2. The fourth-order valence-electron chi connectivity index (χ4n) is 3.73. The number of para-hydroxylation sites is 1. The smallest absolute Gasteiger partial charge is 0.332 e. The minimum atomic E-state index is -0.724. The van der Waals surface area contributed by atoms with E-state index in [1.165, 1.54) is 4.57 Å². The van der Waals surface area contributed by atoms with E-state index in [0.717, 1.165) is 14.6 Å². The Kier molecular flexibility index (Phi) is 7.57. The molecule has 3 aromatic carbocycles. The molecule has 0 saturated heterocycles. The molecule has 4 rings (SSSR count). The Bertz CT molecular complexity index is 1480. The van der Waals surface area contributed by atoms with E-state index in [4.69, 9.17) is 0 Å². The Morgan fingerprint density at radius 3 is 2.17 bits per heavy atom. The molecule has 0 aliphatic carbocycles. The van der Waals surface area contributed by atoms with Crippen LogP contribution in [0.15, 0.2) is 92.9 Å². The molecule has 4 aromatic rings. The van der Waals surface area contributed by atoms with Crippen molar-refractivity contribution in [2.24, 2.45) is 0 Å². The van der Waals surface area contributed by atoms with Crippen LogP contribution in [0.5, 0.6) is 0 Å². The molecule has 0 aliphatic heterocycles. The number of rotatable bonds is 8. The lowest BCUT2D eigenvalue weighted by molar-refractivity contribution is -0.121. The van der Waals surface area contributed by atoms with Crippen molar-refractivity contribution in [2.75, 3.05) is 11.9 Å². The molecule has 2 N–H and O–H groups in total. The lowest BCUT2D eigenvalue weighted by atomic mass is 10.1. The molecule has 178 valence electrons. The standard InChI is InChI=1S/C26H23BrN4O4/c27-19-10-12-20(13-11-19)29-24(33)17-30-22-9-5-4-8-21(22)25(34)31(26(30)35)16-23(32)28-15-14-18-6-2-1-3-7-18/h1-13H,14-17H2,(H,28,32)(H,29,33). The van der Waals surface area contributed by atoms with Crippen molar-refractivity contribution in [3.05, 3.63) is 110 Å². The summed E-state index contributed by atoms with van der Waals surface area (Å²) in [5, 5.41) is 5.74. The van der Waals surface area contributed by atoms with Crippen molar-refractivity contribution < 1.29 is 9.59 Å². The second-order valence-corrected chi connectivity index (χ2v) is 8.83. The van der Waals surface area contributed by atoms with Crippen LogP contribution in [-0.2, 0) is 29.1 Å². The molecule has 0 unspecified atom stereocenters. The van der Waals surface area contributed by atoms with Gasteiger partial charge in [-0.05, 0) is 48.4 Å². The quantitative estimate of drug-likeness (QED) is 0.362. The summed E-state index contributed by atoms with van der Waals surface area (Å²) in [6.45, 7) is -0.383. The van der Waals surface area contributed by atoms with Gasteiger partial charge in [0.05, 0.1) is 10.9 Å². The van der Waals surface area contributed by atoms with Crippen molar-refractivity contribution in [3.63, 3.8) is 0 Å². The number of aromatic nitrogens is 2. The molecule has 1 heterocycles. The average molecular weight is 535 g/mol. The van der Waals surface area contributed by atoms with Crippen molar-refractivity contribution in [3.8, 4) is 0 Å². The number of hydrogen-bond acceptors (Lipinski definition) is 4. The number of fused-ring (bicyclic) bond motifs is 1. The number of nitrogens with zero attached hydrogens (tertiary/aromatic N) is 2. The summed E-state index contributed by atoms with van der Waals surface area (Å²) in [6.07, 6.45) is 0.625. The van der Waals surface area contributed by atoms with E-state index >= 15 is 0 Å². The highest BCUT2D eigenvalue weighted by Crippen LogP contribution is 2.14. The predicted octanol–water partition coefficient (Wildman–Crippen LogP) is 2.92. The number of halogens is 1. The van der Waals surface area contributed by atoms with Crippen LogP contribution in [0, 0.1) is 0 Å². The summed E-state index contributed by atoms with van der Waals surface area (Å²) in [6, 6.07) is 23.2. The summed E-state index contributed by atoms with van der Waals surface area (Å²) in [5.41, 5.74) is 0.664.